The summed E-state index contributed by atoms with van der Waals surface area (Å²) in [6, 6.07) is 8.43. The molecule has 3 aromatic rings. The lowest BCUT2D eigenvalue weighted by molar-refractivity contribution is 0.0957. The van der Waals surface area contributed by atoms with E-state index in [4.69, 9.17) is 0 Å². The van der Waals surface area contributed by atoms with E-state index < -0.39 is 30.3 Å². The van der Waals surface area contributed by atoms with Gasteiger partial charge in [0.15, 0.2) is 0 Å². The molecule has 33 heavy (non-hydrogen) atoms. The minimum Gasteiger partial charge on any atom is -0.365 e. The Morgan fingerprint density at radius 1 is 1.15 bits per heavy atom. The van der Waals surface area contributed by atoms with Crippen LogP contribution in [0.2, 0.25) is 0 Å². The summed E-state index contributed by atoms with van der Waals surface area (Å²) in [6.07, 6.45) is -3.31. The van der Waals surface area contributed by atoms with E-state index >= 15 is 0 Å². The molecule has 0 radical (unpaired) electrons. The number of hydrogen-bond donors (Lipinski definition) is 2. The number of carbonyl (C=O) groups is 1. The van der Waals surface area contributed by atoms with E-state index in [2.05, 4.69) is 25.2 Å². The minimum atomic E-state index is -2.63. The van der Waals surface area contributed by atoms with E-state index in [0.717, 1.165) is 5.56 Å². The predicted octanol–water partition coefficient (Wildman–Crippen LogP) is 1.95. The summed E-state index contributed by atoms with van der Waals surface area (Å²) in [6.45, 7) is 3.14. The highest BCUT2D eigenvalue weighted by Gasteiger charge is 2.21. The van der Waals surface area contributed by atoms with Gasteiger partial charge in [0.2, 0.25) is 12.4 Å². The zero-order chi connectivity index (χ0) is 23.5. The summed E-state index contributed by atoms with van der Waals surface area (Å²) in [5.41, 5.74) is 1.51. The van der Waals surface area contributed by atoms with Gasteiger partial charge in [-0.1, -0.05) is 6.07 Å². The van der Waals surface area contributed by atoms with E-state index in [1.54, 1.807) is 18.2 Å². The van der Waals surface area contributed by atoms with Crippen molar-refractivity contribution in [3.63, 3.8) is 0 Å². The number of piperazine rings is 1. The van der Waals surface area contributed by atoms with Crippen LogP contribution in [0.4, 0.5) is 18.9 Å². The van der Waals surface area contributed by atoms with Crippen LogP contribution in [0.25, 0.3) is 11.0 Å². The van der Waals surface area contributed by atoms with E-state index in [0.29, 0.717) is 49.4 Å². The maximum atomic E-state index is 14.4. The number of fused-ring (bicyclic) bond motifs is 1. The molecule has 1 fully saturated rings. The summed E-state index contributed by atoms with van der Waals surface area (Å²) < 4.78 is 39.6. The molecule has 0 saturated carbocycles. The van der Waals surface area contributed by atoms with E-state index in [1.165, 1.54) is 13.1 Å². The van der Waals surface area contributed by atoms with Gasteiger partial charge >= 0.3 is 0 Å². The first-order chi connectivity index (χ1) is 15.8. The Hall–Kier alpha value is -3.47. The standard InChI is InChI=1S/C22H23F3N6O2/c1-26-21(32)15-4-5-18(20(25)28-15)31-8-6-30(7-9-31)12-13-2-3-14-16(10-13)29-22(33)17(27-14)11-19(23)24/h2-5,10,19H,6-9,11-12H2,1H3,(H,26,32)(H,29,33). The van der Waals surface area contributed by atoms with Crippen LogP contribution in [-0.2, 0) is 13.0 Å². The van der Waals surface area contributed by atoms with Gasteiger partial charge in [-0.3, -0.25) is 14.5 Å². The van der Waals surface area contributed by atoms with Crippen LogP contribution >= 0.6 is 0 Å². The van der Waals surface area contributed by atoms with Gasteiger partial charge in [0.1, 0.15) is 11.4 Å². The molecular weight excluding hydrogens is 437 g/mol. The van der Waals surface area contributed by atoms with Gasteiger partial charge in [-0.25, -0.2) is 18.7 Å². The molecule has 0 aliphatic carbocycles. The molecule has 0 spiro atoms. The van der Waals surface area contributed by atoms with Crippen molar-refractivity contribution in [2.75, 3.05) is 38.1 Å². The highest BCUT2D eigenvalue weighted by atomic mass is 19.3. The van der Waals surface area contributed by atoms with Gasteiger partial charge in [-0.2, -0.15) is 4.39 Å². The summed E-state index contributed by atoms with van der Waals surface area (Å²) in [5.74, 6) is -1.12. The summed E-state index contributed by atoms with van der Waals surface area (Å²) in [7, 11) is 1.46. The number of aromatic nitrogens is 3. The number of amides is 1. The minimum absolute atomic E-state index is 0.0301. The smallest absolute Gasteiger partial charge is 0.270 e. The quantitative estimate of drug-likeness (QED) is 0.546. The van der Waals surface area contributed by atoms with E-state index in [9.17, 15) is 22.8 Å². The van der Waals surface area contributed by atoms with Gasteiger partial charge in [0.25, 0.3) is 11.5 Å². The normalized spacial score (nSPS) is 14.8. The van der Waals surface area contributed by atoms with Crippen LogP contribution in [0.3, 0.4) is 0 Å². The van der Waals surface area contributed by atoms with Crippen molar-refractivity contribution in [1.82, 2.24) is 25.2 Å². The maximum absolute atomic E-state index is 14.4. The fraction of sp³-hybridized carbons (Fsp3) is 0.364. The molecule has 2 aromatic heterocycles. The molecule has 0 unspecified atom stereocenters. The zero-order valence-electron chi connectivity index (χ0n) is 17.9. The van der Waals surface area contributed by atoms with Crippen molar-refractivity contribution in [2.24, 2.45) is 0 Å². The maximum Gasteiger partial charge on any atom is 0.270 e. The number of anilines is 1. The van der Waals surface area contributed by atoms with Crippen molar-refractivity contribution in [2.45, 2.75) is 19.4 Å². The number of alkyl halides is 2. The summed E-state index contributed by atoms with van der Waals surface area (Å²) in [5, 5.41) is 2.42. The number of rotatable bonds is 6. The number of halogens is 3. The fourth-order valence-electron chi connectivity index (χ4n) is 3.88. The van der Waals surface area contributed by atoms with Crippen LogP contribution in [0.15, 0.2) is 35.1 Å². The fourth-order valence-corrected chi connectivity index (χ4v) is 3.88. The molecule has 11 heteroatoms. The molecule has 3 heterocycles. The number of nitrogens with one attached hydrogen (secondary N) is 2. The first kappa shape index (κ1) is 22.7. The lowest BCUT2D eigenvalue weighted by atomic mass is 10.1. The lowest BCUT2D eigenvalue weighted by Gasteiger charge is -2.36. The SMILES string of the molecule is CNC(=O)c1ccc(N2CCN(Cc3ccc4nc(CC(F)F)c(=O)[nH]c4c3)CC2)c(F)n1. The van der Waals surface area contributed by atoms with Crippen LogP contribution < -0.4 is 15.8 Å². The van der Waals surface area contributed by atoms with Crippen LogP contribution in [0.5, 0.6) is 0 Å². The highest BCUT2D eigenvalue weighted by Crippen LogP contribution is 2.21. The predicted molar refractivity (Wildman–Crippen MR) is 117 cm³/mol. The second kappa shape index (κ2) is 9.57. The van der Waals surface area contributed by atoms with Crippen LogP contribution in [0, 0.1) is 5.95 Å². The average Bonchev–Trinajstić information content (AvgIpc) is 2.79. The van der Waals surface area contributed by atoms with E-state index in [-0.39, 0.29) is 11.4 Å². The van der Waals surface area contributed by atoms with Crippen molar-refractivity contribution >= 4 is 22.6 Å². The van der Waals surface area contributed by atoms with Gasteiger partial charge in [0, 0.05) is 39.8 Å². The van der Waals surface area contributed by atoms with Gasteiger partial charge < -0.3 is 15.2 Å². The van der Waals surface area contributed by atoms with E-state index in [1.807, 2.05) is 11.0 Å². The molecule has 174 valence electrons. The third kappa shape index (κ3) is 5.14. The molecule has 8 nitrogen and oxygen atoms in total. The zero-order valence-corrected chi connectivity index (χ0v) is 17.9. The number of aromatic amines is 1. The molecule has 1 aliphatic rings. The van der Waals surface area contributed by atoms with Gasteiger partial charge in [-0.15, -0.1) is 0 Å². The monoisotopic (exact) mass is 460 g/mol. The first-order valence-electron chi connectivity index (χ1n) is 10.5. The average molecular weight is 460 g/mol. The van der Waals surface area contributed by atoms with Crippen molar-refractivity contribution in [3.05, 3.63) is 63.6 Å². The van der Waals surface area contributed by atoms with Gasteiger partial charge in [0.05, 0.1) is 23.1 Å². The molecular formula is C22H23F3N6O2. The molecule has 0 atom stereocenters. The summed E-state index contributed by atoms with van der Waals surface area (Å²) >= 11 is 0. The molecule has 4 rings (SSSR count). The first-order valence-corrected chi connectivity index (χ1v) is 10.5. The third-order valence-electron chi connectivity index (χ3n) is 5.58. The Labute approximate surface area is 187 Å². The molecule has 2 N–H and O–H groups in total. The number of pyridine rings is 1. The number of hydrogen-bond acceptors (Lipinski definition) is 6. The second-order valence-corrected chi connectivity index (χ2v) is 7.81. The number of nitrogens with zero attached hydrogens (tertiary/aromatic N) is 4. The van der Waals surface area contributed by atoms with Crippen molar-refractivity contribution in [1.29, 1.82) is 0 Å². The second-order valence-electron chi connectivity index (χ2n) is 7.81. The van der Waals surface area contributed by atoms with Crippen molar-refractivity contribution < 1.29 is 18.0 Å². The summed E-state index contributed by atoms with van der Waals surface area (Å²) in [4.78, 5) is 38.2. The Kier molecular flexibility index (Phi) is 6.59. The molecule has 1 saturated heterocycles. The molecule has 1 aromatic carbocycles. The Balaban J connectivity index is 1.40. The number of H-pyrrole nitrogens is 1. The molecule has 0 bridgehead atoms. The lowest BCUT2D eigenvalue weighted by Crippen LogP contribution is -2.46. The molecule has 1 aliphatic heterocycles. The highest BCUT2D eigenvalue weighted by molar-refractivity contribution is 5.92. The number of benzene rings is 1. The molecule has 1 amide bonds. The third-order valence-corrected chi connectivity index (χ3v) is 5.58. The Morgan fingerprint density at radius 3 is 2.58 bits per heavy atom. The van der Waals surface area contributed by atoms with Crippen LogP contribution in [-0.4, -0.2) is 65.4 Å². The van der Waals surface area contributed by atoms with Crippen LogP contribution in [0.1, 0.15) is 21.7 Å². The largest absolute Gasteiger partial charge is 0.365 e. The van der Waals surface area contributed by atoms with Gasteiger partial charge in [-0.05, 0) is 29.8 Å². The Bertz CT molecular complexity index is 1220. The topological polar surface area (TPSA) is 94.2 Å². The number of carbonyl (C=O) groups excluding carboxylic acids is 1. The Morgan fingerprint density at radius 2 is 1.91 bits per heavy atom. The van der Waals surface area contributed by atoms with Crippen molar-refractivity contribution in [3.8, 4) is 0 Å².